The number of benzene rings is 7. The molecule has 0 bridgehead atoms. The van der Waals surface area contributed by atoms with Crippen molar-refractivity contribution >= 4 is 27.8 Å². The summed E-state index contributed by atoms with van der Waals surface area (Å²) >= 11 is 0. The molecule has 44 heavy (non-hydrogen) atoms. The Hall–Kier alpha value is -5.40. The topological polar surface area (TPSA) is 3.24 Å². The van der Waals surface area contributed by atoms with Gasteiger partial charge in [0.1, 0.15) is 0 Å². The van der Waals surface area contributed by atoms with Gasteiger partial charge < -0.3 is 4.90 Å². The van der Waals surface area contributed by atoms with Gasteiger partial charge in [-0.1, -0.05) is 129 Å². The molecule has 0 unspecified atom stereocenters. The van der Waals surface area contributed by atoms with E-state index in [0.29, 0.717) is 0 Å². The molecule has 1 heteroatoms. The van der Waals surface area contributed by atoms with Crippen molar-refractivity contribution in [2.24, 2.45) is 0 Å². The van der Waals surface area contributed by atoms with E-state index in [4.69, 9.17) is 0 Å². The third-order valence-corrected chi connectivity index (χ3v) is 9.25. The number of rotatable bonds is 5. The predicted octanol–water partition coefficient (Wildman–Crippen LogP) is 11.9. The molecule has 0 aromatic heterocycles. The Morgan fingerprint density at radius 2 is 0.795 bits per heavy atom. The van der Waals surface area contributed by atoms with Gasteiger partial charge in [0.15, 0.2) is 0 Å². The monoisotopic (exact) mass is 563 g/mol. The van der Waals surface area contributed by atoms with E-state index in [1.54, 1.807) is 0 Å². The largest absolute Gasteiger partial charge is 0.310 e. The molecule has 0 radical (unpaired) electrons. The van der Waals surface area contributed by atoms with Crippen LogP contribution in [0.1, 0.15) is 25.0 Å². The van der Waals surface area contributed by atoms with Crippen LogP contribution in [0.15, 0.2) is 164 Å². The second kappa shape index (κ2) is 10.4. The predicted molar refractivity (Wildman–Crippen MR) is 187 cm³/mol. The highest BCUT2D eigenvalue weighted by molar-refractivity contribution is 5.95. The molecule has 0 saturated heterocycles. The number of nitrogens with zero attached hydrogens (tertiary/aromatic N) is 1. The fraction of sp³-hybridized carbons (Fsp3) is 0.0698. The van der Waals surface area contributed by atoms with Crippen molar-refractivity contribution in [2.75, 3.05) is 4.90 Å². The van der Waals surface area contributed by atoms with Gasteiger partial charge in [-0.05, 0) is 104 Å². The smallest absolute Gasteiger partial charge is 0.0468 e. The first kappa shape index (κ1) is 26.2. The molecule has 7 aromatic rings. The van der Waals surface area contributed by atoms with Crippen molar-refractivity contribution in [3.63, 3.8) is 0 Å². The molecular weight excluding hydrogens is 530 g/mol. The van der Waals surface area contributed by atoms with E-state index >= 15 is 0 Å². The van der Waals surface area contributed by atoms with Crippen molar-refractivity contribution in [1.29, 1.82) is 0 Å². The average Bonchev–Trinajstić information content (AvgIpc) is 3.30. The highest BCUT2D eigenvalue weighted by atomic mass is 15.1. The van der Waals surface area contributed by atoms with E-state index in [1.807, 2.05) is 0 Å². The van der Waals surface area contributed by atoms with Crippen LogP contribution in [0.25, 0.3) is 44.2 Å². The van der Waals surface area contributed by atoms with Gasteiger partial charge in [-0.3, -0.25) is 0 Å². The molecule has 0 saturated carbocycles. The first-order valence-corrected chi connectivity index (χ1v) is 15.4. The van der Waals surface area contributed by atoms with Gasteiger partial charge in [-0.15, -0.1) is 0 Å². The fourth-order valence-electron chi connectivity index (χ4n) is 6.88. The summed E-state index contributed by atoms with van der Waals surface area (Å²) in [4.78, 5) is 2.38. The van der Waals surface area contributed by atoms with Gasteiger partial charge in [0.05, 0.1) is 0 Å². The minimum Gasteiger partial charge on any atom is -0.310 e. The minimum absolute atomic E-state index is 0.0628. The van der Waals surface area contributed by atoms with Gasteiger partial charge in [0, 0.05) is 22.5 Å². The van der Waals surface area contributed by atoms with Crippen LogP contribution in [-0.4, -0.2) is 0 Å². The quantitative estimate of drug-likeness (QED) is 0.201. The second-order valence-corrected chi connectivity index (χ2v) is 12.3. The molecule has 7 aromatic carbocycles. The van der Waals surface area contributed by atoms with Crippen molar-refractivity contribution in [1.82, 2.24) is 0 Å². The lowest BCUT2D eigenvalue weighted by molar-refractivity contribution is 0.661. The van der Waals surface area contributed by atoms with Crippen LogP contribution in [0.5, 0.6) is 0 Å². The summed E-state index contributed by atoms with van der Waals surface area (Å²) in [5.41, 5.74) is 13.7. The molecule has 0 heterocycles. The molecule has 1 aliphatic carbocycles. The van der Waals surface area contributed by atoms with E-state index in [-0.39, 0.29) is 5.41 Å². The first-order chi connectivity index (χ1) is 21.6. The molecule has 0 amide bonds. The average molecular weight is 564 g/mol. The van der Waals surface area contributed by atoms with Crippen LogP contribution in [0.4, 0.5) is 17.1 Å². The molecule has 0 aliphatic heterocycles. The van der Waals surface area contributed by atoms with Crippen LogP contribution in [0.3, 0.4) is 0 Å². The van der Waals surface area contributed by atoms with Gasteiger partial charge in [-0.2, -0.15) is 0 Å². The van der Waals surface area contributed by atoms with E-state index in [0.717, 1.165) is 17.1 Å². The van der Waals surface area contributed by atoms with E-state index in [1.165, 1.54) is 55.3 Å². The third-order valence-electron chi connectivity index (χ3n) is 9.25. The highest BCUT2D eigenvalue weighted by Gasteiger charge is 2.36. The van der Waals surface area contributed by atoms with Crippen molar-refractivity contribution in [3.05, 3.63) is 175 Å². The summed E-state index contributed by atoms with van der Waals surface area (Å²) in [6, 6.07) is 59.6. The molecule has 0 spiro atoms. The standard InChI is InChI=1S/C43H33N/c1-43(2)41-26-25-38(29-40(41)39-27-34-15-9-10-16-35(34)28-42(39)43)44(36-21-17-32(18-22-36)30-11-5-3-6-12-30)37-23-19-33(20-24-37)31-13-7-4-8-14-31/h3-29H,1-2H3. The summed E-state index contributed by atoms with van der Waals surface area (Å²) in [6.07, 6.45) is 0. The lowest BCUT2D eigenvalue weighted by atomic mass is 9.82. The zero-order valence-corrected chi connectivity index (χ0v) is 25.0. The summed E-state index contributed by atoms with van der Waals surface area (Å²) in [5.74, 6) is 0. The van der Waals surface area contributed by atoms with E-state index < -0.39 is 0 Å². The number of anilines is 3. The first-order valence-electron chi connectivity index (χ1n) is 15.4. The van der Waals surface area contributed by atoms with Gasteiger partial charge >= 0.3 is 0 Å². The Bertz CT molecular complexity index is 2020. The normalized spacial score (nSPS) is 13.0. The van der Waals surface area contributed by atoms with Crippen LogP contribution >= 0.6 is 0 Å². The van der Waals surface area contributed by atoms with Crippen molar-refractivity contribution in [3.8, 4) is 33.4 Å². The van der Waals surface area contributed by atoms with Crippen LogP contribution in [0, 0.1) is 0 Å². The summed E-state index contributed by atoms with van der Waals surface area (Å²) in [6.45, 7) is 4.71. The Balaban J connectivity index is 1.27. The van der Waals surface area contributed by atoms with E-state index in [9.17, 15) is 0 Å². The molecule has 1 aliphatic rings. The fourth-order valence-corrected chi connectivity index (χ4v) is 6.88. The number of hydrogen-bond acceptors (Lipinski definition) is 1. The van der Waals surface area contributed by atoms with E-state index in [2.05, 4.69) is 183 Å². The molecule has 0 N–H and O–H groups in total. The van der Waals surface area contributed by atoms with Gasteiger partial charge in [-0.25, -0.2) is 0 Å². The second-order valence-electron chi connectivity index (χ2n) is 12.3. The zero-order valence-electron chi connectivity index (χ0n) is 25.0. The van der Waals surface area contributed by atoms with Crippen LogP contribution < -0.4 is 4.90 Å². The Labute approximate surface area is 259 Å². The molecule has 210 valence electrons. The summed E-state index contributed by atoms with van der Waals surface area (Å²) in [7, 11) is 0. The Morgan fingerprint density at radius 1 is 0.364 bits per heavy atom. The highest BCUT2D eigenvalue weighted by Crippen LogP contribution is 2.51. The molecule has 8 rings (SSSR count). The molecule has 0 atom stereocenters. The van der Waals surface area contributed by atoms with Crippen LogP contribution in [-0.2, 0) is 5.41 Å². The molecule has 1 nitrogen and oxygen atoms in total. The lowest BCUT2D eigenvalue weighted by Gasteiger charge is -2.27. The maximum absolute atomic E-state index is 2.40. The number of fused-ring (bicyclic) bond motifs is 4. The molecule has 0 fully saturated rings. The zero-order chi connectivity index (χ0) is 29.7. The van der Waals surface area contributed by atoms with Crippen molar-refractivity contribution < 1.29 is 0 Å². The Morgan fingerprint density at radius 3 is 1.34 bits per heavy atom. The molecular formula is C43H33N. The van der Waals surface area contributed by atoms with Crippen molar-refractivity contribution in [2.45, 2.75) is 19.3 Å². The summed E-state index contributed by atoms with van der Waals surface area (Å²) in [5, 5.41) is 2.58. The number of hydrogen-bond donors (Lipinski definition) is 0. The SMILES string of the molecule is CC1(C)c2ccc(N(c3ccc(-c4ccccc4)cc3)c3ccc(-c4ccccc4)cc3)cc2-c2cc3ccccc3cc21. The summed E-state index contributed by atoms with van der Waals surface area (Å²) < 4.78 is 0. The maximum Gasteiger partial charge on any atom is 0.0468 e. The lowest BCUT2D eigenvalue weighted by Crippen LogP contribution is -2.15. The Kier molecular flexibility index (Phi) is 6.20. The minimum atomic E-state index is -0.0628. The third kappa shape index (κ3) is 4.41. The van der Waals surface area contributed by atoms with Gasteiger partial charge in [0.25, 0.3) is 0 Å². The van der Waals surface area contributed by atoms with Crippen LogP contribution in [0.2, 0.25) is 0 Å². The van der Waals surface area contributed by atoms with Gasteiger partial charge in [0.2, 0.25) is 0 Å². The maximum atomic E-state index is 2.40.